The molecule has 2 nitrogen and oxygen atoms in total. The van der Waals surface area contributed by atoms with Crippen molar-refractivity contribution in [3.8, 4) is 0 Å². The van der Waals surface area contributed by atoms with Crippen molar-refractivity contribution >= 4 is 11.3 Å². The molecule has 1 heterocycles. The number of likely N-dealkylation sites (N-methyl/N-ethyl adjacent to an activating group) is 1. The number of hydrogen-bond donors (Lipinski definition) is 1. The Labute approximate surface area is 110 Å². The zero-order valence-electron chi connectivity index (χ0n) is 11.6. The van der Waals surface area contributed by atoms with Gasteiger partial charge in [-0.25, -0.2) is 0 Å². The van der Waals surface area contributed by atoms with Gasteiger partial charge in [-0.2, -0.15) is 0 Å². The van der Waals surface area contributed by atoms with Crippen LogP contribution < -0.4 is 5.32 Å². The zero-order valence-corrected chi connectivity index (χ0v) is 12.4. The number of hydrogen-bond acceptors (Lipinski definition) is 3. The van der Waals surface area contributed by atoms with Gasteiger partial charge in [0.25, 0.3) is 0 Å². The Hall–Kier alpha value is -0.380. The Morgan fingerprint density at radius 1 is 1.35 bits per heavy atom. The van der Waals surface area contributed by atoms with Gasteiger partial charge in [0.15, 0.2) is 0 Å². The first kappa shape index (κ1) is 14.7. The first-order chi connectivity index (χ1) is 8.09. The maximum atomic E-state index is 3.48. The monoisotopic (exact) mass is 254 g/mol. The van der Waals surface area contributed by atoms with E-state index in [1.54, 1.807) is 0 Å². The fourth-order valence-electron chi connectivity index (χ4n) is 1.76. The lowest BCUT2D eigenvalue weighted by Crippen LogP contribution is -2.35. The summed E-state index contributed by atoms with van der Waals surface area (Å²) in [6, 6.07) is 5.61. The van der Waals surface area contributed by atoms with Gasteiger partial charge in [-0.05, 0) is 44.8 Å². The largest absolute Gasteiger partial charge is 0.314 e. The topological polar surface area (TPSA) is 15.3 Å². The molecular formula is C14H26N2S. The third-order valence-corrected chi connectivity index (χ3v) is 4.09. The predicted octanol–water partition coefficient (Wildman–Crippen LogP) is 3.00. The Bertz CT molecular complexity index is 282. The van der Waals surface area contributed by atoms with Crippen LogP contribution in [-0.2, 0) is 6.42 Å². The Kier molecular flexibility index (Phi) is 6.78. The number of nitrogens with one attached hydrogen (secondary N) is 1. The standard InChI is InChI=1S/C14H26N2S/c1-12(2)15-9-7-13(3)16(4)10-8-14-6-5-11-17-14/h5-6,11-13,15H,7-10H2,1-4H3. The molecule has 1 N–H and O–H groups in total. The van der Waals surface area contributed by atoms with Gasteiger partial charge in [-0.1, -0.05) is 19.9 Å². The summed E-state index contributed by atoms with van der Waals surface area (Å²) in [6.45, 7) is 8.98. The summed E-state index contributed by atoms with van der Waals surface area (Å²) in [5.74, 6) is 0. The quantitative estimate of drug-likeness (QED) is 0.767. The number of thiophene rings is 1. The van der Waals surface area contributed by atoms with Crippen LogP contribution >= 0.6 is 11.3 Å². The van der Waals surface area contributed by atoms with Crippen LogP contribution in [0.4, 0.5) is 0 Å². The minimum Gasteiger partial charge on any atom is -0.314 e. The molecule has 0 aliphatic heterocycles. The normalized spacial score (nSPS) is 13.5. The van der Waals surface area contributed by atoms with Crippen molar-refractivity contribution in [3.63, 3.8) is 0 Å². The first-order valence-corrected chi connectivity index (χ1v) is 7.43. The van der Waals surface area contributed by atoms with Gasteiger partial charge in [-0.3, -0.25) is 0 Å². The van der Waals surface area contributed by atoms with Crippen LogP contribution in [0.2, 0.25) is 0 Å². The van der Waals surface area contributed by atoms with Crippen LogP contribution in [0.3, 0.4) is 0 Å². The number of rotatable bonds is 8. The molecule has 1 unspecified atom stereocenters. The summed E-state index contributed by atoms with van der Waals surface area (Å²) < 4.78 is 0. The van der Waals surface area contributed by atoms with Crippen molar-refractivity contribution in [2.75, 3.05) is 20.1 Å². The lowest BCUT2D eigenvalue weighted by atomic mass is 10.2. The minimum absolute atomic E-state index is 0.596. The smallest absolute Gasteiger partial charge is 0.00761 e. The summed E-state index contributed by atoms with van der Waals surface area (Å²) in [5.41, 5.74) is 0. The maximum Gasteiger partial charge on any atom is 0.00761 e. The van der Waals surface area contributed by atoms with Crippen molar-refractivity contribution in [2.45, 2.75) is 45.7 Å². The van der Waals surface area contributed by atoms with Crippen molar-refractivity contribution in [1.82, 2.24) is 10.2 Å². The SMILES string of the molecule is CC(C)NCCC(C)N(C)CCc1cccs1. The lowest BCUT2D eigenvalue weighted by Gasteiger charge is -2.25. The Morgan fingerprint density at radius 3 is 2.71 bits per heavy atom. The molecule has 0 saturated carbocycles. The van der Waals surface area contributed by atoms with Crippen LogP contribution in [0.1, 0.15) is 32.1 Å². The van der Waals surface area contributed by atoms with Gasteiger partial charge >= 0.3 is 0 Å². The summed E-state index contributed by atoms with van der Waals surface area (Å²) >= 11 is 1.86. The van der Waals surface area contributed by atoms with E-state index in [9.17, 15) is 0 Å². The predicted molar refractivity (Wildman–Crippen MR) is 77.9 cm³/mol. The van der Waals surface area contributed by atoms with E-state index in [4.69, 9.17) is 0 Å². The number of nitrogens with zero attached hydrogens (tertiary/aromatic N) is 1. The van der Waals surface area contributed by atoms with Gasteiger partial charge in [0.1, 0.15) is 0 Å². The van der Waals surface area contributed by atoms with Gasteiger partial charge in [0, 0.05) is 23.5 Å². The Morgan fingerprint density at radius 2 is 2.12 bits per heavy atom. The van der Waals surface area contributed by atoms with Crippen LogP contribution in [0.25, 0.3) is 0 Å². The van der Waals surface area contributed by atoms with Crippen molar-refractivity contribution in [2.24, 2.45) is 0 Å². The third kappa shape index (κ3) is 6.20. The molecule has 0 fully saturated rings. The van der Waals surface area contributed by atoms with Crippen molar-refractivity contribution in [3.05, 3.63) is 22.4 Å². The fourth-order valence-corrected chi connectivity index (χ4v) is 2.46. The molecule has 0 radical (unpaired) electrons. The first-order valence-electron chi connectivity index (χ1n) is 6.55. The molecule has 98 valence electrons. The molecule has 1 atom stereocenters. The van der Waals surface area contributed by atoms with E-state index >= 15 is 0 Å². The van der Waals surface area contributed by atoms with Crippen LogP contribution in [-0.4, -0.2) is 37.1 Å². The summed E-state index contributed by atoms with van der Waals surface area (Å²) in [4.78, 5) is 3.95. The highest BCUT2D eigenvalue weighted by atomic mass is 32.1. The van der Waals surface area contributed by atoms with E-state index in [0.717, 1.165) is 13.1 Å². The molecule has 0 bridgehead atoms. The fraction of sp³-hybridized carbons (Fsp3) is 0.714. The van der Waals surface area contributed by atoms with Crippen LogP contribution in [0.15, 0.2) is 17.5 Å². The van der Waals surface area contributed by atoms with Gasteiger partial charge in [0.2, 0.25) is 0 Å². The molecule has 0 saturated heterocycles. The average Bonchev–Trinajstić information content (AvgIpc) is 2.78. The van der Waals surface area contributed by atoms with Gasteiger partial charge in [0.05, 0.1) is 0 Å². The molecule has 0 aliphatic rings. The maximum absolute atomic E-state index is 3.48. The van der Waals surface area contributed by atoms with Crippen molar-refractivity contribution in [1.29, 1.82) is 0 Å². The molecule has 0 aliphatic carbocycles. The van der Waals surface area contributed by atoms with Crippen LogP contribution in [0, 0.1) is 0 Å². The molecule has 17 heavy (non-hydrogen) atoms. The van der Waals surface area contributed by atoms with E-state index in [-0.39, 0.29) is 0 Å². The highest BCUT2D eigenvalue weighted by molar-refractivity contribution is 7.09. The molecule has 3 heteroatoms. The highest BCUT2D eigenvalue weighted by Gasteiger charge is 2.09. The molecule has 1 aromatic rings. The second-order valence-corrected chi connectivity index (χ2v) is 6.09. The van der Waals surface area contributed by atoms with Gasteiger partial charge < -0.3 is 10.2 Å². The molecule has 0 amide bonds. The van der Waals surface area contributed by atoms with E-state index in [1.165, 1.54) is 17.7 Å². The second-order valence-electron chi connectivity index (χ2n) is 5.06. The second kappa shape index (κ2) is 7.85. The summed E-state index contributed by atoms with van der Waals surface area (Å²) in [6.07, 6.45) is 2.40. The summed E-state index contributed by atoms with van der Waals surface area (Å²) in [7, 11) is 2.23. The lowest BCUT2D eigenvalue weighted by molar-refractivity contribution is 0.246. The molecule has 1 rings (SSSR count). The van der Waals surface area contributed by atoms with Crippen LogP contribution in [0.5, 0.6) is 0 Å². The van der Waals surface area contributed by atoms with E-state index < -0.39 is 0 Å². The van der Waals surface area contributed by atoms with E-state index in [0.29, 0.717) is 12.1 Å². The Balaban J connectivity index is 2.15. The average molecular weight is 254 g/mol. The van der Waals surface area contributed by atoms with E-state index in [2.05, 4.69) is 55.5 Å². The molecular weight excluding hydrogens is 228 g/mol. The molecule has 0 spiro atoms. The zero-order chi connectivity index (χ0) is 12.7. The van der Waals surface area contributed by atoms with Gasteiger partial charge in [-0.15, -0.1) is 11.3 Å². The summed E-state index contributed by atoms with van der Waals surface area (Å²) in [5, 5.41) is 5.63. The highest BCUT2D eigenvalue weighted by Crippen LogP contribution is 2.10. The third-order valence-electron chi connectivity index (χ3n) is 3.16. The molecule has 0 aromatic carbocycles. The minimum atomic E-state index is 0.596. The van der Waals surface area contributed by atoms with Crippen molar-refractivity contribution < 1.29 is 0 Å². The van der Waals surface area contributed by atoms with E-state index in [1.807, 2.05) is 11.3 Å². The molecule has 1 aromatic heterocycles.